The lowest BCUT2D eigenvalue weighted by Crippen LogP contribution is -2.45. The first-order valence-electron chi connectivity index (χ1n) is 10.9. The molecule has 0 aliphatic carbocycles. The monoisotopic (exact) mass is 421 g/mol. The molecule has 1 fully saturated rings. The number of hydrogen-bond acceptors (Lipinski definition) is 5. The highest BCUT2D eigenvalue weighted by molar-refractivity contribution is 6.01. The fourth-order valence-corrected chi connectivity index (χ4v) is 4.07. The van der Waals surface area contributed by atoms with Crippen LogP contribution in [0.2, 0.25) is 0 Å². The molecule has 1 spiro atoms. The Balaban J connectivity index is 1.28. The van der Waals surface area contributed by atoms with Crippen LogP contribution in [0.15, 0.2) is 53.7 Å². The van der Waals surface area contributed by atoms with Gasteiger partial charge >= 0.3 is 6.09 Å². The molecule has 0 aromatic heterocycles. The molecule has 1 N–H and O–H groups in total. The maximum absolute atomic E-state index is 12.2. The standard InChI is InChI=1S/C25H31N3O3/c1-18-6-5-7-21(16-18)26-23(29)30-28-14-12-25(13-15-28)17-22(27-31-25)19-8-10-20(11-9-19)24(2,3)4/h5-11,16H,12-15,17H2,1-4H3,(H,26,29). The Morgan fingerprint density at radius 1 is 1.13 bits per heavy atom. The first kappa shape index (κ1) is 21.4. The SMILES string of the molecule is Cc1cccc(NC(=O)ON2CCC3(CC2)CC(c2ccc(C(C)(C)C)cc2)=NO3)c1. The number of carbonyl (C=O) groups excluding carboxylic acids is 1. The molecule has 0 radical (unpaired) electrons. The van der Waals surface area contributed by atoms with Crippen molar-refractivity contribution in [1.82, 2.24) is 5.06 Å². The zero-order valence-electron chi connectivity index (χ0n) is 18.8. The highest BCUT2D eigenvalue weighted by atomic mass is 16.7. The normalized spacial score (nSPS) is 18.4. The van der Waals surface area contributed by atoms with Gasteiger partial charge < -0.3 is 9.68 Å². The molecule has 31 heavy (non-hydrogen) atoms. The molecule has 6 nitrogen and oxygen atoms in total. The third-order valence-electron chi connectivity index (χ3n) is 6.03. The van der Waals surface area contributed by atoms with Crippen LogP contribution in [0.4, 0.5) is 10.5 Å². The summed E-state index contributed by atoms with van der Waals surface area (Å²) in [5.74, 6) is 0. The van der Waals surface area contributed by atoms with Gasteiger partial charge in [0.1, 0.15) is 5.60 Å². The van der Waals surface area contributed by atoms with Crippen molar-refractivity contribution in [3.05, 3.63) is 65.2 Å². The average Bonchev–Trinajstić information content (AvgIpc) is 3.13. The van der Waals surface area contributed by atoms with Crippen LogP contribution in [-0.2, 0) is 15.1 Å². The van der Waals surface area contributed by atoms with Gasteiger partial charge in [0.2, 0.25) is 0 Å². The van der Waals surface area contributed by atoms with Crippen molar-refractivity contribution >= 4 is 17.5 Å². The summed E-state index contributed by atoms with van der Waals surface area (Å²) in [4.78, 5) is 23.6. The number of anilines is 1. The first-order valence-corrected chi connectivity index (χ1v) is 10.9. The highest BCUT2D eigenvalue weighted by Crippen LogP contribution is 2.36. The van der Waals surface area contributed by atoms with Crippen LogP contribution in [0.1, 0.15) is 56.7 Å². The lowest BCUT2D eigenvalue weighted by molar-refractivity contribution is -0.154. The minimum Gasteiger partial charge on any atom is -0.388 e. The third-order valence-corrected chi connectivity index (χ3v) is 6.03. The second-order valence-corrected chi connectivity index (χ2v) is 9.62. The topological polar surface area (TPSA) is 63.2 Å². The lowest BCUT2D eigenvalue weighted by atomic mass is 9.84. The second-order valence-electron chi connectivity index (χ2n) is 9.62. The number of nitrogens with one attached hydrogen (secondary N) is 1. The van der Waals surface area contributed by atoms with E-state index in [1.165, 1.54) is 5.56 Å². The molecule has 164 valence electrons. The number of amides is 1. The van der Waals surface area contributed by atoms with Crippen LogP contribution in [0.25, 0.3) is 0 Å². The number of oxime groups is 1. The lowest BCUT2D eigenvalue weighted by Gasteiger charge is -2.35. The van der Waals surface area contributed by atoms with Gasteiger partial charge in [0.05, 0.1) is 5.71 Å². The van der Waals surface area contributed by atoms with Gasteiger partial charge in [-0.2, -0.15) is 0 Å². The van der Waals surface area contributed by atoms with E-state index >= 15 is 0 Å². The molecule has 0 atom stereocenters. The van der Waals surface area contributed by atoms with Gasteiger partial charge in [0, 0.05) is 38.0 Å². The summed E-state index contributed by atoms with van der Waals surface area (Å²) in [7, 11) is 0. The van der Waals surface area contributed by atoms with Crippen LogP contribution >= 0.6 is 0 Å². The molecule has 4 rings (SSSR count). The zero-order valence-corrected chi connectivity index (χ0v) is 18.8. The van der Waals surface area contributed by atoms with Crippen LogP contribution < -0.4 is 5.32 Å². The Labute approximate surface area is 184 Å². The molecular weight excluding hydrogens is 390 g/mol. The number of hydrogen-bond donors (Lipinski definition) is 1. The number of nitrogens with zero attached hydrogens (tertiary/aromatic N) is 2. The van der Waals surface area contributed by atoms with E-state index in [9.17, 15) is 4.79 Å². The van der Waals surface area contributed by atoms with Crippen molar-refractivity contribution in [1.29, 1.82) is 0 Å². The van der Waals surface area contributed by atoms with Crippen molar-refractivity contribution in [2.45, 2.75) is 58.0 Å². The average molecular weight is 422 g/mol. The Bertz CT molecular complexity index is 968. The smallest absolute Gasteiger partial charge is 0.388 e. The van der Waals surface area contributed by atoms with Crippen LogP contribution in [0.3, 0.4) is 0 Å². The third kappa shape index (κ3) is 5.07. The van der Waals surface area contributed by atoms with Crippen LogP contribution in [0.5, 0.6) is 0 Å². The van der Waals surface area contributed by atoms with Gasteiger partial charge in [-0.1, -0.05) is 62.3 Å². The van der Waals surface area contributed by atoms with Crippen LogP contribution in [0, 0.1) is 6.92 Å². The minimum atomic E-state index is -0.468. The molecule has 1 amide bonds. The summed E-state index contributed by atoms with van der Waals surface area (Å²) in [6.07, 6.45) is 1.84. The second kappa shape index (κ2) is 8.35. The summed E-state index contributed by atoms with van der Waals surface area (Å²) < 4.78 is 0. The van der Waals surface area contributed by atoms with E-state index in [1.807, 2.05) is 31.2 Å². The highest BCUT2D eigenvalue weighted by Gasteiger charge is 2.43. The summed E-state index contributed by atoms with van der Waals surface area (Å²) >= 11 is 0. The Hall–Kier alpha value is -2.86. The maximum atomic E-state index is 12.2. The van der Waals surface area contributed by atoms with E-state index < -0.39 is 6.09 Å². The maximum Gasteiger partial charge on any atom is 0.430 e. The van der Waals surface area contributed by atoms with E-state index in [0.717, 1.165) is 41.8 Å². The van der Waals surface area contributed by atoms with Gasteiger partial charge in [0.25, 0.3) is 0 Å². The Kier molecular flexibility index (Phi) is 5.75. The summed E-state index contributed by atoms with van der Waals surface area (Å²) in [6, 6.07) is 16.3. The molecule has 2 heterocycles. The number of piperidine rings is 1. The number of rotatable bonds is 3. The predicted molar refractivity (Wildman–Crippen MR) is 122 cm³/mol. The van der Waals surface area contributed by atoms with E-state index in [1.54, 1.807) is 5.06 Å². The molecule has 0 bridgehead atoms. The van der Waals surface area contributed by atoms with Gasteiger partial charge in [0.15, 0.2) is 0 Å². The van der Waals surface area contributed by atoms with E-state index in [0.29, 0.717) is 13.1 Å². The van der Waals surface area contributed by atoms with Crippen LogP contribution in [-0.4, -0.2) is 35.6 Å². The van der Waals surface area contributed by atoms with Crippen molar-refractivity contribution in [2.24, 2.45) is 5.16 Å². The Morgan fingerprint density at radius 3 is 2.48 bits per heavy atom. The van der Waals surface area contributed by atoms with Gasteiger partial charge in [-0.3, -0.25) is 5.32 Å². The Morgan fingerprint density at radius 2 is 1.84 bits per heavy atom. The number of hydroxylamine groups is 2. The van der Waals surface area contributed by atoms with Gasteiger partial charge in [-0.05, 0) is 41.2 Å². The van der Waals surface area contributed by atoms with E-state index in [2.05, 4.69) is 55.5 Å². The minimum absolute atomic E-state index is 0.131. The summed E-state index contributed by atoms with van der Waals surface area (Å²) in [5.41, 5.74) is 5.05. The molecule has 2 aromatic carbocycles. The number of carbonyl (C=O) groups is 1. The fourth-order valence-electron chi connectivity index (χ4n) is 4.07. The molecule has 0 saturated carbocycles. The first-order chi connectivity index (χ1) is 14.7. The molecule has 1 saturated heterocycles. The van der Waals surface area contributed by atoms with Crippen molar-refractivity contribution in [2.75, 3.05) is 18.4 Å². The number of benzene rings is 2. The van der Waals surface area contributed by atoms with Gasteiger partial charge in [-0.15, -0.1) is 5.06 Å². The zero-order chi connectivity index (χ0) is 22.1. The molecule has 0 unspecified atom stereocenters. The van der Waals surface area contributed by atoms with E-state index in [4.69, 9.17) is 9.68 Å². The fraction of sp³-hybridized carbons (Fsp3) is 0.440. The summed E-state index contributed by atoms with van der Waals surface area (Å²) in [6.45, 7) is 9.86. The quantitative estimate of drug-likeness (QED) is 0.719. The number of aryl methyl sites for hydroxylation is 1. The van der Waals surface area contributed by atoms with Crippen molar-refractivity contribution in [3.63, 3.8) is 0 Å². The molecule has 2 aliphatic heterocycles. The van der Waals surface area contributed by atoms with Crippen molar-refractivity contribution < 1.29 is 14.5 Å². The van der Waals surface area contributed by atoms with E-state index in [-0.39, 0.29) is 11.0 Å². The molecular formula is C25H31N3O3. The molecule has 6 heteroatoms. The predicted octanol–water partition coefficient (Wildman–Crippen LogP) is 5.42. The van der Waals surface area contributed by atoms with Crippen molar-refractivity contribution in [3.8, 4) is 0 Å². The largest absolute Gasteiger partial charge is 0.430 e. The van der Waals surface area contributed by atoms with Gasteiger partial charge in [-0.25, -0.2) is 4.79 Å². The molecule has 2 aliphatic rings. The summed E-state index contributed by atoms with van der Waals surface area (Å²) in [5, 5.41) is 8.88. The molecule has 2 aromatic rings.